The second-order valence-electron chi connectivity index (χ2n) is 10.7. The van der Waals surface area contributed by atoms with Crippen molar-refractivity contribution in [3.63, 3.8) is 0 Å². The molecule has 0 aliphatic rings. The number of nitrogens with two attached hydrogens (primary N) is 1. The van der Waals surface area contributed by atoms with E-state index >= 15 is 0 Å². The van der Waals surface area contributed by atoms with Crippen LogP contribution in [0.3, 0.4) is 0 Å². The molecule has 212 valence electrons. The number of carbonyl (C=O) groups excluding carboxylic acids is 1. The number of nitrogens with zero attached hydrogens (tertiary/aromatic N) is 3. The van der Waals surface area contributed by atoms with E-state index in [0.29, 0.717) is 28.8 Å². The maximum absolute atomic E-state index is 12.4. The summed E-state index contributed by atoms with van der Waals surface area (Å²) < 4.78 is 22.5. The van der Waals surface area contributed by atoms with Gasteiger partial charge in [0.05, 0.1) is 37.7 Å². The third kappa shape index (κ3) is 6.44. The molecule has 3 heterocycles. The van der Waals surface area contributed by atoms with Crippen molar-refractivity contribution < 1.29 is 23.7 Å². The van der Waals surface area contributed by atoms with Crippen molar-refractivity contribution in [2.75, 3.05) is 26.6 Å². The Kier molecular flexibility index (Phi) is 8.46. The molecule has 1 amide bonds. The van der Waals surface area contributed by atoms with Gasteiger partial charge in [-0.2, -0.15) is 0 Å². The van der Waals surface area contributed by atoms with Crippen LogP contribution in [0.15, 0.2) is 42.9 Å². The quantitative estimate of drug-likeness (QED) is 0.251. The Morgan fingerprint density at radius 2 is 1.73 bits per heavy atom. The number of fused-ring (bicyclic) bond motifs is 3. The SMILES string of the molecule is CC[C@H](C)[C@@H](COc1cncc(-c2cc3c(cnc4cc(OC)c(OC)cc43)c(N)n2)c1)NC(=O)OC(C)(C)C. The Morgan fingerprint density at radius 1 is 1.00 bits per heavy atom. The van der Waals surface area contributed by atoms with E-state index in [1.165, 1.54) is 0 Å². The molecule has 40 heavy (non-hydrogen) atoms. The minimum absolute atomic E-state index is 0.170. The molecule has 2 atom stereocenters. The molecule has 0 unspecified atom stereocenters. The summed E-state index contributed by atoms with van der Waals surface area (Å²) in [4.78, 5) is 25.9. The van der Waals surface area contributed by atoms with Crippen molar-refractivity contribution in [3.8, 4) is 28.5 Å². The predicted octanol–water partition coefficient (Wildman–Crippen LogP) is 5.76. The maximum Gasteiger partial charge on any atom is 0.408 e. The molecule has 4 aromatic rings. The molecular weight excluding hydrogens is 510 g/mol. The Hall–Kier alpha value is -4.34. The third-order valence-electron chi connectivity index (χ3n) is 6.68. The van der Waals surface area contributed by atoms with E-state index in [1.807, 2.05) is 45.0 Å². The van der Waals surface area contributed by atoms with E-state index in [4.69, 9.17) is 24.7 Å². The van der Waals surface area contributed by atoms with Gasteiger partial charge in [-0.25, -0.2) is 9.78 Å². The predicted molar refractivity (Wildman–Crippen MR) is 156 cm³/mol. The molecule has 0 spiro atoms. The lowest BCUT2D eigenvalue weighted by molar-refractivity contribution is 0.0464. The summed E-state index contributed by atoms with van der Waals surface area (Å²) in [5.41, 5.74) is 7.90. The Morgan fingerprint density at radius 3 is 2.40 bits per heavy atom. The van der Waals surface area contributed by atoms with E-state index in [9.17, 15) is 4.79 Å². The van der Waals surface area contributed by atoms with Gasteiger partial charge in [-0.15, -0.1) is 0 Å². The number of rotatable bonds is 9. The first-order valence-corrected chi connectivity index (χ1v) is 13.2. The van der Waals surface area contributed by atoms with E-state index in [2.05, 4.69) is 34.1 Å². The molecule has 3 aromatic heterocycles. The van der Waals surface area contributed by atoms with Crippen molar-refractivity contribution in [1.29, 1.82) is 0 Å². The van der Waals surface area contributed by atoms with E-state index in [-0.39, 0.29) is 18.6 Å². The highest BCUT2D eigenvalue weighted by molar-refractivity contribution is 6.10. The number of aromatic nitrogens is 3. The number of hydrogen-bond donors (Lipinski definition) is 2. The standard InChI is InChI=1S/C30H37N5O5/c1-8-17(2)25(35-29(36)40-30(3,4)5)16-39-19-9-18(13-32-14-19)23-10-20-21-11-26(37-6)27(38-7)12-24(21)33-15-22(20)28(31)34-23/h9-15,17,25H,8,16H2,1-7H3,(H2,31,34)(H,35,36)/t17-,25+/m0/s1. The molecule has 0 saturated heterocycles. The molecule has 0 fully saturated rings. The zero-order valence-corrected chi connectivity index (χ0v) is 24.1. The van der Waals surface area contributed by atoms with Gasteiger partial charge in [0.15, 0.2) is 11.5 Å². The van der Waals surface area contributed by atoms with Crippen LogP contribution in [-0.4, -0.2) is 53.5 Å². The first kappa shape index (κ1) is 28.7. The average Bonchev–Trinajstić information content (AvgIpc) is 2.92. The topological polar surface area (TPSA) is 131 Å². The number of nitrogen functional groups attached to an aromatic ring is 1. The minimum Gasteiger partial charge on any atom is -0.493 e. The number of methoxy groups -OCH3 is 2. The van der Waals surface area contributed by atoms with E-state index in [1.54, 1.807) is 32.8 Å². The van der Waals surface area contributed by atoms with Crippen molar-refractivity contribution in [1.82, 2.24) is 20.3 Å². The lowest BCUT2D eigenvalue weighted by Gasteiger charge is -2.27. The van der Waals surface area contributed by atoms with Gasteiger partial charge in [0.1, 0.15) is 23.8 Å². The fourth-order valence-electron chi connectivity index (χ4n) is 4.32. The van der Waals surface area contributed by atoms with Gasteiger partial charge >= 0.3 is 6.09 Å². The maximum atomic E-state index is 12.4. The lowest BCUT2D eigenvalue weighted by Crippen LogP contribution is -2.45. The number of amides is 1. The van der Waals surface area contributed by atoms with E-state index < -0.39 is 11.7 Å². The van der Waals surface area contributed by atoms with Crippen LogP contribution < -0.4 is 25.3 Å². The van der Waals surface area contributed by atoms with Gasteiger partial charge < -0.3 is 30.0 Å². The Labute approximate surface area is 234 Å². The molecule has 0 radical (unpaired) electrons. The molecular formula is C30H37N5O5. The second-order valence-corrected chi connectivity index (χ2v) is 10.7. The number of hydrogen-bond acceptors (Lipinski definition) is 9. The van der Waals surface area contributed by atoms with Gasteiger partial charge in [0.2, 0.25) is 0 Å². The summed E-state index contributed by atoms with van der Waals surface area (Å²) in [5, 5.41) is 5.40. The lowest BCUT2D eigenvalue weighted by atomic mass is 10.00. The number of nitrogens with one attached hydrogen (secondary N) is 1. The highest BCUT2D eigenvalue weighted by Crippen LogP contribution is 2.37. The number of pyridine rings is 3. The van der Waals surface area contributed by atoms with Crippen LogP contribution >= 0.6 is 0 Å². The van der Waals surface area contributed by atoms with Crippen molar-refractivity contribution in [2.45, 2.75) is 52.7 Å². The fourth-order valence-corrected chi connectivity index (χ4v) is 4.32. The third-order valence-corrected chi connectivity index (χ3v) is 6.68. The zero-order chi connectivity index (χ0) is 29.0. The van der Waals surface area contributed by atoms with Gasteiger partial charge in [-0.1, -0.05) is 20.3 Å². The first-order chi connectivity index (χ1) is 19.0. The number of carbonyl (C=O) groups is 1. The summed E-state index contributed by atoms with van der Waals surface area (Å²) in [7, 11) is 3.18. The molecule has 4 rings (SSSR count). The van der Waals surface area contributed by atoms with Crippen LogP contribution in [-0.2, 0) is 4.74 Å². The molecule has 10 heteroatoms. The molecule has 10 nitrogen and oxygen atoms in total. The van der Waals surface area contributed by atoms with Crippen LogP contribution in [0.2, 0.25) is 0 Å². The van der Waals surface area contributed by atoms with Gasteiger partial charge in [-0.3, -0.25) is 9.97 Å². The number of benzene rings is 1. The van der Waals surface area contributed by atoms with Crippen LogP contribution in [0.5, 0.6) is 17.2 Å². The van der Waals surface area contributed by atoms with Crippen molar-refractivity contribution >= 4 is 33.6 Å². The summed E-state index contributed by atoms with van der Waals surface area (Å²) in [6, 6.07) is 7.28. The molecule has 0 aliphatic carbocycles. The van der Waals surface area contributed by atoms with E-state index in [0.717, 1.165) is 33.7 Å². The monoisotopic (exact) mass is 547 g/mol. The van der Waals surface area contributed by atoms with Crippen LogP contribution in [0.4, 0.5) is 10.6 Å². The molecule has 0 aliphatic heterocycles. The summed E-state index contributed by atoms with van der Waals surface area (Å²) in [6.45, 7) is 9.88. The summed E-state index contributed by atoms with van der Waals surface area (Å²) >= 11 is 0. The Bertz CT molecular complexity index is 1520. The summed E-state index contributed by atoms with van der Waals surface area (Å²) in [6.07, 6.45) is 5.44. The molecule has 3 N–H and O–H groups in total. The van der Waals surface area contributed by atoms with Gasteiger partial charge in [0.25, 0.3) is 0 Å². The number of ether oxygens (including phenoxy) is 4. The normalized spacial score (nSPS) is 13.1. The van der Waals surface area contributed by atoms with Crippen LogP contribution in [0.1, 0.15) is 41.0 Å². The average molecular weight is 548 g/mol. The highest BCUT2D eigenvalue weighted by Gasteiger charge is 2.23. The minimum atomic E-state index is -0.587. The van der Waals surface area contributed by atoms with Gasteiger partial charge in [0, 0.05) is 34.8 Å². The highest BCUT2D eigenvalue weighted by atomic mass is 16.6. The van der Waals surface area contributed by atoms with Crippen molar-refractivity contribution in [3.05, 3.63) is 42.9 Å². The Balaban J connectivity index is 1.63. The number of anilines is 1. The smallest absolute Gasteiger partial charge is 0.408 e. The largest absolute Gasteiger partial charge is 0.493 e. The zero-order valence-electron chi connectivity index (χ0n) is 24.1. The summed E-state index contributed by atoms with van der Waals surface area (Å²) in [5.74, 6) is 2.25. The second kappa shape index (κ2) is 11.8. The molecule has 1 aromatic carbocycles. The molecule has 0 bridgehead atoms. The van der Waals surface area contributed by atoms with Gasteiger partial charge in [-0.05, 0) is 50.3 Å². The van der Waals surface area contributed by atoms with Crippen LogP contribution in [0.25, 0.3) is 32.9 Å². The van der Waals surface area contributed by atoms with Crippen molar-refractivity contribution in [2.24, 2.45) is 5.92 Å². The fraction of sp³-hybridized carbons (Fsp3) is 0.400. The number of alkyl carbamates (subject to hydrolysis) is 1. The first-order valence-electron chi connectivity index (χ1n) is 13.2. The molecule has 0 saturated carbocycles. The van der Waals surface area contributed by atoms with Crippen LogP contribution in [0, 0.1) is 5.92 Å².